The minimum atomic E-state index is -4.81. The first-order valence-electron chi connectivity index (χ1n) is 13.6. The standard InChI is InChI=1S/C30H26F4N6O4S/c1-4-18(3)43-25-12-5-17(2)13-24(25)40-26(41)15-45-29(40)37-28(42)36-23-11-6-19(14-22(23)31)27-35-16-39(38-27)20-7-9-21(10-8-20)44-30(32,33)34/h5-14,16,18H,4,15H2,1-3H3,(H,36,42). The monoisotopic (exact) mass is 642 g/mol. The number of amides is 3. The predicted octanol–water partition coefficient (Wildman–Crippen LogP) is 7.13. The van der Waals surface area contributed by atoms with Crippen LogP contribution in [0.1, 0.15) is 25.8 Å². The molecule has 0 radical (unpaired) electrons. The molecule has 45 heavy (non-hydrogen) atoms. The lowest BCUT2D eigenvalue weighted by atomic mass is 10.2. The number of urea groups is 1. The second kappa shape index (κ2) is 13.0. The van der Waals surface area contributed by atoms with Crippen molar-refractivity contribution in [2.75, 3.05) is 16.0 Å². The molecule has 10 nitrogen and oxygen atoms in total. The number of aromatic nitrogens is 3. The van der Waals surface area contributed by atoms with Crippen molar-refractivity contribution < 1.29 is 36.6 Å². The molecule has 3 amide bonds. The first-order valence-corrected chi connectivity index (χ1v) is 14.6. The third kappa shape index (κ3) is 7.60. The summed E-state index contributed by atoms with van der Waals surface area (Å²) in [5, 5.41) is 6.78. The minimum absolute atomic E-state index is 0.0665. The summed E-state index contributed by atoms with van der Waals surface area (Å²) in [6.07, 6.45) is -2.85. The third-order valence-corrected chi connectivity index (χ3v) is 7.44. The maximum atomic E-state index is 15.1. The smallest absolute Gasteiger partial charge is 0.489 e. The number of hydrogen-bond donors (Lipinski definition) is 1. The molecule has 1 aliphatic rings. The number of anilines is 2. The van der Waals surface area contributed by atoms with Gasteiger partial charge in [0, 0.05) is 5.56 Å². The average Bonchev–Trinajstić information content (AvgIpc) is 3.61. The van der Waals surface area contributed by atoms with Crippen molar-refractivity contribution in [2.24, 2.45) is 4.99 Å². The van der Waals surface area contributed by atoms with E-state index < -0.39 is 24.0 Å². The van der Waals surface area contributed by atoms with Crippen LogP contribution in [0.15, 0.2) is 72.0 Å². The summed E-state index contributed by atoms with van der Waals surface area (Å²) in [5.74, 6) is -0.786. The van der Waals surface area contributed by atoms with Gasteiger partial charge in [0.25, 0.3) is 0 Å². The Morgan fingerprint density at radius 1 is 1.13 bits per heavy atom. The quantitative estimate of drug-likeness (QED) is 0.204. The van der Waals surface area contributed by atoms with Crippen LogP contribution in [0.5, 0.6) is 11.5 Å². The first-order chi connectivity index (χ1) is 21.4. The van der Waals surface area contributed by atoms with Crippen LogP contribution in [0.4, 0.5) is 33.7 Å². The van der Waals surface area contributed by atoms with Gasteiger partial charge < -0.3 is 14.8 Å². The van der Waals surface area contributed by atoms with Crippen LogP contribution in [0.25, 0.3) is 17.1 Å². The number of nitrogens with zero attached hydrogens (tertiary/aromatic N) is 5. The largest absolute Gasteiger partial charge is 0.573 e. The second-order valence-electron chi connectivity index (χ2n) is 9.90. The molecule has 0 spiro atoms. The Balaban J connectivity index is 1.30. The van der Waals surface area contributed by atoms with Crippen molar-refractivity contribution in [2.45, 2.75) is 39.7 Å². The molecule has 3 aromatic carbocycles. The zero-order valence-corrected chi connectivity index (χ0v) is 24.9. The lowest BCUT2D eigenvalue weighted by Crippen LogP contribution is -2.31. The second-order valence-corrected chi connectivity index (χ2v) is 10.8. The molecule has 1 aliphatic heterocycles. The van der Waals surface area contributed by atoms with Crippen molar-refractivity contribution in [3.63, 3.8) is 0 Å². The van der Waals surface area contributed by atoms with E-state index in [4.69, 9.17) is 4.74 Å². The molecule has 1 unspecified atom stereocenters. The highest BCUT2D eigenvalue weighted by Gasteiger charge is 2.33. The van der Waals surface area contributed by atoms with Crippen LogP contribution in [0.2, 0.25) is 0 Å². The molecule has 5 rings (SSSR count). The molecular weight excluding hydrogens is 616 g/mol. The van der Waals surface area contributed by atoms with E-state index in [2.05, 4.69) is 25.1 Å². The van der Waals surface area contributed by atoms with E-state index >= 15 is 4.39 Å². The van der Waals surface area contributed by atoms with Crippen molar-refractivity contribution >= 4 is 40.2 Å². The number of aliphatic imine (C=N–C) groups is 1. The van der Waals surface area contributed by atoms with Gasteiger partial charge in [0.1, 0.15) is 23.6 Å². The molecule has 15 heteroatoms. The van der Waals surface area contributed by atoms with Crippen LogP contribution in [0.3, 0.4) is 0 Å². The Kier molecular flexibility index (Phi) is 9.09. The number of nitrogens with one attached hydrogen (secondary N) is 1. The number of halogens is 4. The zero-order chi connectivity index (χ0) is 32.3. The molecule has 2 heterocycles. The Morgan fingerprint density at radius 3 is 2.58 bits per heavy atom. The van der Waals surface area contributed by atoms with Crippen molar-refractivity contribution in [1.29, 1.82) is 0 Å². The number of ether oxygens (including phenoxy) is 2. The molecule has 1 fully saturated rings. The number of thioether (sulfide) groups is 1. The highest BCUT2D eigenvalue weighted by atomic mass is 32.2. The number of carbonyl (C=O) groups excluding carboxylic acids is 2. The van der Waals surface area contributed by atoms with Gasteiger partial charge in [-0.25, -0.2) is 18.9 Å². The van der Waals surface area contributed by atoms with E-state index in [0.717, 1.165) is 41.9 Å². The number of aryl methyl sites for hydroxylation is 1. The maximum absolute atomic E-state index is 15.1. The van der Waals surface area contributed by atoms with Gasteiger partial charge in [-0.1, -0.05) is 24.8 Å². The number of amidine groups is 1. The normalized spacial score (nSPS) is 15.0. The molecule has 1 atom stereocenters. The number of benzene rings is 3. The van der Waals surface area contributed by atoms with E-state index in [1.807, 2.05) is 26.8 Å². The van der Waals surface area contributed by atoms with Gasteiger partial charge in [-0.2, -0.15) is 4.99 Å². The molecule has 234 valence electrons. The summed E-state index contributed by atoms with van der Waals surface area (Å²) in [7, 11) is 0. The van der Waals surface area contributed by atoms with E-state index in [0.29, 0.717) is 17.1 Å². The van der Waals surface area contributed by atoms with Crippen LogP contribution < -0.4 is 19.7 Å². The molecular formula is C30H26F4N6O4S. The molecule has 0 saturated carbocycles. The van der Waals surface area contributed by atoms with Crippen LogP contribution in [-0.4, -0.2) is 50.1 Å². The van der Waals surface area contributed by atoms with Crippen LogP contribution in [-0.2, 0) is 4.79 Å². The number of rotatable bonds is 8. The van der Waals surface area contributed by atoms with Gasteiger partial charge in [-0.15, -0.1) is 18.3 Å². The summed E-state index contributed by atoms with van der Waals surface area (Å²) >= 11 is 1.08. The minimum Gasteiger partial charge on any atom is -0.489 e. The predicted molar refractivity (Wildman–Crippen MR) is 161 cm³/mol. The van der Waals surface area contributed by atoms with Gasteiger partial charge in [0.2, 0.25) is 5.91 Å². The molecule has 1 N–H and O–H groups in total. The lowest BCUT2D eigenvalue weighted by Gasteiger charge is -2.22. The molecule has 1 aromatic heterocycles. The Bertz CT molecular complexity index is 1760. The molecule has 1 saturated heterocycles. The first kappa shape index (κ1) is 31.5. The van der Waals surface area contributed by atoms with E-state index in [-0.39, 0.29) is 40.0 Å². The third-order valence-electron chi connectivity index (χ3n) is 6.52. The number of alkyl halides is 3. The number of carbonyl (C=O) groups is 2. The molecule has 0 bridgehead atoms. The van der Waals surface area contributed by atoms with Crippen molar-refractivity contribution in [3.8, 4) is 28.6 Å². The summed E-state index contributed by atoms with van der Waals surface area (Å²) in [6, 6.07) is 13.4. The summed E-state index contributed by atoms with van der Waals surface area (Å²) in [6.45, 7) is 5.76. The average molecular weight is 643 g/mol. The van der Waals surface area contributed by atoms with Crippen molar-refractivity contribution in [1.82, 2.24) is 14.8 Å². The maximum Gasteiger partial charge on any atom is 0.573 e. The molecule has 4 aromatic rings. The fraction of sp³-hybridized carbons (Fsp3) is 0.233. The fourth-order valence-electron chi connectivity index (χ4n) is 4.19. The van der Waals surface area contributed by atoms with E-state index in [1.54, 1.807) is 12.1 Å². The highest BCUT2D eigenvalue weighted by molar-refractivity contribution is 8.15. The topological polar surface area (TPSA) is 111 Å². The highest BCUT2D eigenvalue weighted by Crippen LogP contribution is 2.36. The number of hydrogen-bond acceptors (Lipinski definition) is 7. The van der Waals surface area contributed by atoms with Gasteiger partial charge in [0.05, 0.1) is 28.9 Å². The Hall–Kier alpha value is -4.92. The Morgan fingerprint density at radius 2 is 1.89 bits per heavy atom. The lowest BCUT2D eigenvalue weighted by molar-refractivity contribution is -0.274. The SMILES string of the molecule is CCC(C)Oc1ccc(C)cc1N1C(=O)CSC1=NC(=O)Nc1ccc(-c2ncn(-c3ccc(OC(F)(F)F)cc3)n2)cc1F. The van der Waals surface area contributed by atoms with Gasteiger partial charge >= 0.3 is 12.4 Å². The fourth-order valence-corrected chi connectivity index (χ4v) is 5.05. The van der Waals surface area contributed by atoms with E-state index in [9.17, 15) is 22.8 Å². The summed E-state index contributed by atoms with van der Waals surface area (Å²) in [4.78, 5) is 35.2. The van der Waals surface area contributed by atoms with Gasteiger partial charge in [-0.3, -0.25) is 9.69 Å². The summed E-state index contributed by atoms with van der Waals surface area (Å²) in [5.41, 5.74) is 1.86. The Labute approximate surface area is 259 Å². The van der Waals surface area contributed by atoms with E-state index in [1.165, 1.54) is 40.2 Å². The molecule has 0 aliphatic carbocycles. The van der Waals surface area contributed by atoms with Crippen molar-refractivity contribution in [3.05, 3.63) is 78.4 Å². The van der Waals surface area contributed by atoms with Crippen LogP contribution >= 0.6 is 11.8 Å². The van der Waals surface area contributed by atoms with Gasteiger partial charge in [0.15, 0.2) is 11.0 Å². The zero-order valence-electron chi connectivity index (χ0n) is 24.1. The summed E-state index contributed by atoms with van der Waals surface area (Å²) < 4.78 is 63.5. The van der Waals surface area contributed by atoms with Gasteiger partial charge in [-0.05, 0) is 80.4 Å². The van der Waals surface area contributed by atoms with Crippen LogP contribution in [0, 0.1) is 12.7 Å².